The number of rotatable bonds is 4. The molecule has 0 unspecified atom stereocenters. The molecule has 2 aromatic heterocycles. The molecule has 0 atom stereocenters. The Kier molecular flexibility index (Phi) is 3.09. The summed E-state index contributed by atoms with van der Waals surface area (Å²) in [5.74, 6) is 0. The molecule has 0 saturated carbocycles. The van der Waals surface area contributed by atoms with Crippen molar-refractivity contribution < 1.29 is 0 Å². The van der Waals surface area contributed by atoms with E-state index in [-0.39, 0.29) is 0 Å². The highest BCUT2D eigenvalue weighted by Gasteiger charge is 1.98. The highest BCUT2D eigenvalue weighted by atomic mass is 15.0. The summed E-state index contributed by atoms with van der Waals surface area (Å²) in [6.07, 6.45) is 7.52. The summed E-state index contributed by atoms with van der Waals surface area (Å²) in [5.41, 5.74) is 2.30. The van der Waals surface area contributed by atoms with Crippen LogP contribution in [0.2, 0.25) is 0 Å². The highest BCUT2D eigenvalue weighted by molar-refractivity contribution is 5.11. The van der Waals surface area contributed by atoms with Crippen molar-refractivity contribution >= 4 is 0 Å². The number of hydrogen-bond donors (Lipinski definition) is 1. The van der Waals surface area contributed by atoms with Crippen LogP contribution in [0.25, 0.3) is 0 Å². The lowest BCUT2D eigenvalue weighted by Gasteiger charge is -2.00. The first-order valence-corrected chi connectivity index (χ1v) is 4.92. The Morgan fingerprint density at radius 1 is 1.33 bits per heavy atom. The summed E-state index contributed by atoms with van der Waals surface area (Å²) in [4.78, 5) is 8.27. The van der Waals surface area contributed by atoms with Crippen LogP contribution in [0.4, 0.5) is 0 Å². The Hall–Kier alpha value is -1.68. The van der Waals surface area contributed by atoms with E-state index in [1.165, 1.54) is 5.56 Å². The molecule has 0 radical (unpaired) electrons. The van der Waals surface area contributed by atoms with E-state index in [0.717, 1.165) is 18.8 Å². The second-order valence-electron chi connectivity index (χ2n) is 3.42. The van der Waals surface area contributed by atoms with Crippen LogP contribution in [0.3, 0.4) is 0 Å². The minimum Gasteiger partial charge on any atom is -0.333 e. The highest BCUT2D eigenvalue weighted by Crippen LogP contribution is 2.02. The van der Waals surface area contributed by atoms with E-state index in [2.05, 4.69) is 26.0 Å². The second-order valence-corrected chi connectivity index (χ2v) is 3.42. The molecule has 0 aliphatic heterocycles. The first-order chi connectivity index (χ1) is 7.38. The number of aromatic nitrogens is 3. The third kappa shape index (κ3) is 2.63. The summed E-state index contributed by atoms with van der Waals surface area (Å²) >= 11 is 0. The van der Waals surface area contributed by atoms with Crippen molar-refractivity contribution in [2.24, 2.45) is 0 Å². The molecule has 1 N–H and O–H groups in total. The molecule has 4 nitrogen and oxygen atoms in total. The van der Waals surface area contributed by atoms with Crippen LogP contribution in [0.15, 0.2) is 37.1 Å². The van der Waals surface area contributed by atoms with Gasteiger partial charge in [0.1, 0.15) is 0 Å². The monoisotopic (exact) mass is 202 g/mol. The van der Waals surface area contributed by atoms with Crippen molar-refractivity contribution in [3.63, 3.8) is 0 Å². The lowest BCUT2D eigenvalue weighted by molar-refractivity contribution is 0.781. The number of pyridine rings is 1. The zero-order valence-corrected chi connectivity index (χ0v) is 8.72. The fourth-order valence-electron chi connectivity index (χ4n) is 1.46. The van der Waals surface area contributed by atoms with Gasteiger partial charge in [0.05, 0.1) is 12.0 Å². The fraction of sp³-hybridized carbons (Fsp3) is 0.273. The molecule has 4 heteroatoms. The summed E-state index contributed by atoms with van der Waals surface area (Å²) in [7, 11) is 1.92. The number of nitrogens with one attached hydrogen (secondary N) is 1. The lowest BCUT2D eigenvalue weighted by Crippen LogP contribution is -2.05. The van der Waals surface area contributed by atoms with Crippen molar-refractivity contribution in [3.05, 3.63) is 48.3 Å². The molecule has 0 fully saturated rings. The van der Waals surface area contributed by atoms with Crippen LogP contribution in [0, 0.1) is 0 Å². The van der Waals surface area contributed by atoms with E-state index in [1.54, 1.807) is 12.4 Å². The molecule has 78 valence electrons. The van der Waals surface area contributed by atoms with Gasteiger partial charge in [-0.2, -0.15) is 0 Å². The van der Waals surface area contributed by atoms with Gasteiger partial charge in [0.25, 0.3) is 0 Å². The fourth-order valence-corrected chi connectivity index (χ4v) is 1.46. The Balaban J connectivity index is 2.05. The normalized spacial score (nSPS) is 10.5. The number of nitrogens with zero attached hydrogens (tertiary/aromatic N) is 3. The van der Waals surface area contributed by atoms with Crippen molar-refractivity contribution in [1.29, 1.82) is 0 Å². The van der Waals surface area contributed by atoms with E-state index in [1.807, 2.05) is 25.5 Å². The molecular weight excluding hydrogens is 188 g/mol. The number of hydrogen-bond acceptors (Lipinski definition) is 3. The molecule has 2 rings (SSSR count). The van der Waals surface area contributed by atoms with Crippen LogP contribution in [0.1, 0.15) is 11.3 Å². The van der Waals surface area contributed by atoms with Crippen LogP contribution >= 0.6 is 0 Å². The van der Waals surface area contributed by atoms with Crippen molar-refractivity contribution in [2.45, 2.75) is 13.1 Å². The van der Waals surface area contributed by atoms with Gasteiger partial charge in [0.15, 0.2) is 0 Å². The molecule has 15 heavy (non-hydrogen) atoms. The van der Waals surface area contributed by atoms with E-state index >= 15 is 0 Å². The maximum Gasteiger partial charge on any atom is 0.0953 e. The molecule has 0 amide bonds. The first-order valence-electron chi connectivity index (χ1n) is 4.92. The Labute approximate surface area is 89.0 Å². The summed E-state index contributed by atoms with van der Waals surface area (Å²) in [5, 5.41) is 3.08. The van der Waals surface area contributed by atoms with Gasteiger partial charge in [0.2, 0.25) is 0 Å². The van der Waals surface area contributed by atoms with E-state index < -0.39 is 0 Å². The molecule has 0 saturated heterocycles. The van der Waals surface area contributed by atoms with Gasteiger partial charge in [-0.05, 0) is 24.7 Å². The summed E-state index contributed by atoms with van der Waals surface area (Å²) in [6, 6.07) is 4.02. The van der Waals surface area contributed by atoms with Crippen molar-refractivity contribution in [1.82, 2.24) is 19.9 Å². The average molecular weight is 202 g/mol. The van der Waals surface area contributed by atoms with E-state index in [4.69, 9.17) is 0 Å². The molecule has 0 spiro atoms. The smallest absolute Gasteiger partial charge is 0.0953 e. The van der Waals surface area contributed by atoms with Crippen molar-refractivity contribution in [2.75, 3.05) is 7.05 Å². The summed E-state index contributed by atoms with van der Waals surface area (Å²) in [6.45, 7) is 1.66. The zero-order valence-electron chi connectivity index (χ0n) is 8.72. The minimum absolute atomic E-state index is 0.809. The van der Waals surface area contributed by atoms with Gasteiger partial charge >= 0.3 is 0 Å². The Bertz CT molecular complexity index is 408. The van der Waals surface area contributed by atoms with Crippen LogP contribution in [-0.2, 0) is 13.1 Å². The molecule has 2 aromatic rings. The lowest BCUT2D eigenvalue weighted by atomic mass is 10.3. The predicted molar refractivity (Wildman–Crippen MR) is 58.3 cm³/mol. The van der Waals surface area contributed by atoms with Crippen LogP contribution < -0.4 is 5.32 Å². The van der Waals surface area contributed by atoms with Crippen LogP contribution in [0.5, 0.6) is 0 Å². The van der Waals surface area contributed by atoms with Gasteiger partial charge < -0.3 is 9.88 Å². The molecule has 0 aromatic carbocycles. The Morgan fingerprint density at radius 2 is 2.13 bits per heavy atom. The number of imidazole rings is 1. The van der Waals surface area contributed by atoms with Crippen LogP contribution in [-0.4, -0.2) is 21.6 Å². The van der Waals surface area contributed by atoms with Gasteiger partial charge in [0, 0.05) is 31.7 Å². The van der Waals surface area contributed by atoms with Crippen molar-refractivity contribution in [3.8, 4) is 0 Å². The first kappa shape index (κ1) is 9.86. The largest absolute Gasteiger partial charge is 0.333 e. The maximum atomic E-state index is 4.29. The SMILES string of the molecule is CNCc1cn(Cc2ccncc2)cn1. The topological polar surface area (TPSA) is 42.7 Å². The van der Waals surface area contributed by atoms with Gasteiger partial charge in [-0.3, -0.25) is 4.98 Å². The van der Waals surface area contributed by atoms with E-state index in [9.17, 15) is 0 Å². The Morgan fingerprint density at radius 3 is 2.87 bits per heavy atom. The maximum absolute atomic E-state index is 4.29. The molecule has 0 bridgehead atoms. The average Bonchev–Trinajstić information content (AvgIpc) is 2.68. The third-order valence-corrected chi connectivity index (χ3v) is 2.16. The third-order valence-electron chi connectivity index (χ3n) is 2.16. The standard InChI is InChI=1S/C11H14N4/c1-12-6-11-8-15(9-14-11)7-10-2-4-13-5-3-10/h2-5,8-9,12H,6-7H2,1H3. The van der Waals surface area contributed by atoms with Gasteiger partial charge in [-0.1, -0.05) is 0 Å². The van der Waals surface area contributed by atoms with E-state index in [0.29, 0.717) is 0 Å². The second kappa shape index (κ2) is 4.70. The van der Waals surface area contributed by atoms with Gasteiger partial charge in [-0.15, -0.1) is 0 Å². The molecule has 0 aliphatic carbocycles. The summed E-state index contributed by atoms with van der Waals surface area (Å²) < 4.78 is 2.07. The molecule has 0 aliphatic rings. The molecular formula is C11H14N4. The zero-order chi connectivity index (χ0) is 10.5. The minimum atomic E-state index is 0.809. The quantitative estimate of drug-likeness (QED) is 0.805. The molecule has 2 heterocycles. The van der Waals surface area contributed by atoms with Gasteiger partial charge in [-0.25, -0.2) is 4.98 Å². The predicted octanol–water partition coefficient (Wildman–Crippen LogP) is 1.05.